The SMILES string of the molecule is [B]c1cncc(Br)c1C(C)C. The lowest BCUT2D eigenvalue weighted by molar-refractivity contribution is 0.864. The Morgan fingerprint density at radius 1 is 1.45 bits per heavy atom. The van der Waals surface area contributed by atoms with Crippen LogP contribution in [-0.2, 0) is 0 Å². The molecule has 0 N–H and O–H groups in total. The van der Waals surface area contributed by atoms with Crippen LogP contribution in [0.25, 0.3) is 0 Å². The topological polar surface area (TPSA) is 12.9 Å². The number of nitrogens with zero attached hydrogens (tertiary/aromatic N) is 1. The van der Waals surface area contributed by atoms with E-state index in [4.69, 9.17) is 7.85 Å². The maximum absolute atomic E-state index is 5.73. The summed E-state index contributed by atoms with van der Waals surface area (Å²) in [4.78, 5) is 3.95. The van der Waals surface area contributed by atoms with Gasteiger partial charge in [-0.2, -0.15) is 0 Å². The van der Waals surface area contributed by atoms with E-state index in [2.05, 4.69) is 34.8 Å². The summed E-state index contributed by atoms with van der Waals surface area (Å²) in [6.45, 7) is 4.22. The molecule has 0 fully saturated rings. The second kappa shape index (κ2) is 3.39. The van der Waals surface area contributed by atoms with Gasteiger partial charge >= 0.3 is 0 Å². The number of hydrogen-bond acceptors (Lipinski definition) is 1. The molecule has 3 heteroatoms. The van der Waals surface area contributed by atoms with Crippen molar-refractivity contribution in [3.05, 3.63) is 22.4 Å². The molecule has 0 aliphatic carbocycles. The largest absolute Gasteiger partial charge is 0.264 e. The Balaban J connectivity index is 3.21. The summed E-state index contributed by atoms with van der Waals surface area (Å²) >= 11 is 3.41. The lowest BCUT2D eigenvalue weighted by atomic mass is 9.87. The molecule has 1 heterocycles. The molecular weight excluding hydrogens is 201 g/mol. The Morgan fingerprint density at radius 3 is 2.45 bits per heavy atom. The van der Waals surface area contributed by atoms with Crippen LogP contribution in [0.4, 0.5) is 0 Å². The molecule has 2 radical (unpaired) electrons. The molecule has 0 saturated carbocycles. The molecule has 0 amide bonds. The monoisotopic (exact) mass is 209 g/mol. The zero-order valence-corrected chi connectivity index (χ0v) is 8.22. The Hall–Kier alpha value is -0.305. The van der Waals surface area contributed by atoms with Gasteiger partial charge in [-0.1, -0.05) is 19.3 Å². The number of hydrogen-bond donors (Lipinski definition) is 0. The molecule has 0 spiro atoms. The molecule has 1 nitrogen and oxygen atoms in total. The van der Waals surface area contributed by atoms with Gasteiger partial charge in [0.05, 0.1) is 0 Å². The summed E-state index contributed by atoms with van der Waals surface area (Å²) in [6.07, 6.45) is 3.45. The van der Waals surface area contributed by atoms with Crippen molar-refractivity contribution in [2.75, 3.05) is 0 Å². The molecule has 0 aliphatic rings. The average molecular weight is 210 g/mol. The third-order valence-corrected chi connectivity index (χ3v) is 2.18. The fraction of sp³-hybridized carbons (Fsp3) is 0.375. The first-order valence-corrected chi connectivity index (χ1v) is 4.31. The van der Waals surface area contributed by atoms with Gasteiger partial charge in [0.15, 0.2) is 0 Å². The summed E-state index contributed by atoms with van der Waals surface area (Å²) in [6, 6.07) is 0. The summed E-state index contributed by atoms with van der Waals surface area (Å²) in [5.74, 6) is 0.437. The minimum Gasteiger partial charge on any atom is -0.264 e. The van der Waals surface area contributed by atoms with Gasteiger partial charge < -0.3 is 0 Å². The van der Waals surface area contributed by atoms with Crippen molar-refractivity contribution in [1.29, 1.82) is 0 Å². The van der Waals surface area contributed by atoms with Crippen LogP contribution in [0.3, 0.4) is 0 Å². The van der Waals surface area contributed by atoms with Gasteiger partial charge in [-0.15, -0.1) is 0 Å². The van der Waals surface area contributed by atoms with Gasteiger partial charge in [-0.25, -0.2) is 0 Å². The molecule has 11 heavy (non-hydrogen) atoms. The highest BCUT2D eigenvalue weighted by atomic mass is 79.9. The molecule has 56 valence electrons. The predicted octanol–water partition coefficient (Wildman–Crippen LogP) is 1.76. The van der Waals surface area contributed by atoms with Crippen LogP contribution in [0.1, 0.15) is 25.3 Å². The van der Waals surface area contributed by atoms with Crippen molar-refractivity contribution in [2.45, 2.75) is 19.8 Å². The third kappa shape index (κ3) is 1.83. The van der Waals surface area contributed by atoms with Gasteiger partial charge in [0.25, 0.3) is 0 Å². The van der Waals surface area contributed by atoms with Crippen molar-refractivity contribution in [3.63, 3.8) is 0 Å². The van der Waals surface area contributed by atoms with Gasteiger partial charge in [0.2, 0.25) is 0 Å². The van der Waals surface area contributed by atoms with E-state index < -0.39 is 0 Å². The van der Waals surface area contributed by atoms with Crippen LogP contribution in [0.15, 0.2) is 16.9 Å². The third-order valence-electron chi connectivity index (χ3n) is 1.55. The van der Waals surface area contributed by atoms with E-state index >= 15 is 0 Å². The minimum atomic E-state index is 0.437. The Bertz CT molecular complexity index is 240. The van der Waals surface area contributed by atoms with Crippen LogP contribution >= 0.6 is 15.9 Å². The van der Waals surface area contributed by atoms with E-state index in [1.54, 1.807) is 12.4 Å². The van der Waals surface area contributed by atoms with Gasteiger partial charge in [0, 0.05) is 16.9 Å². The Labute approximate surface area is 76.8 Å². The fourth-order valence-electron chi connectivity index (χ4n) is 1.07. The van der Waals surface area contributed by atoms with E-state index in [0.717, 1.165) is 15.5 Å². The minimum absolute atomic E-state index is 0.437. The highest BCUT2D eigenvalue weighted by Gasteiger charge is 2.06. The van der Waals surface area contributed by atoms with Crippen LogP contribution in [-0.4, -0.2) is 12.8 Å². The van der Waals surface area contributed by atoms with Crippen molar-refractivity contribution < 1.29 is 0 Å². The zero-order valence-electron chi connectivity index (χ0n) is 6.63. The van der Waals surface area contributed by atoms with Gasteiger partial charge in [-0.3, -0.25) is 4.98 Å². The molecule has 0 bridgehead atoms. The van der Waals surface area contributed by atoms with Crippen LogP contribution in [0.5, 0.6) is 0 Å². The first-order valence-electron chi connectivity index (χ1n) is 3.51. The van der Waals surface area contributed by atoms with Crippen molar-refractivity contribution in [3.8, 4) is 0 Å². The normalized spacial score (nSPS) is 10.5. The lowest BCUT2D eigenvalue weighted by Gasteiger charge is -2.10. The second-order valence-electron chi connectivity index (χ2n) is 2.78. The molecule has 0 unspecified atom stereocenters. The summed E-state index contributed by atoms with van der Waals surface area (Å²) < 4.78 is 0.993. The maximum Gasteiger partial charge on any atom is 0.116 e. The summed E-state index contributed by atoms with van der Waals surface area (Å²) in [7, 11) is 5.73. The number of halogens is 1. The molecule has 0 aliphatic heterocycles. The average Bonchev–Trinajstić information content (AvgIpc) is 1.85. The van der Waals surface area contributed by atoms with E-state index in [1.165, 1.54) is 0 Å². The van der Waals surface area contributed by atoms with Crippen molar-refractivity contribution in [1.82, 2.24) is 4.98 Å². The maximum atomic E-state index is 5.73. The van der Waals surface area contributed by atoms with E-state index in [1.807, 2.05) is 0 Å². The summed E-state index contributed by atoms with van der Waals surface area (Å²) in [5, 5.41) is 0. The van der Waals surface area contributed by atoms with Crippen LogP contribution < -0.4 is 5.46 Å². The summed E-state index contributed by atoms with van der Waals surface area (Å²) in [5.41, 5.74) is 1.90. The first kappa shape index (κ1) is 8.79. The second-order valence-corrected chi connectivity index (χ2v) is 3.63. The molecular formula is C8H9BBrN. The van der Waals surface area contributed by atoms with Crippen molar-refractivity contribution in [2.24, 2.45) is 0 Å². The van der Waals surface area contributed by atoms with Gasteiger partial charge in [-0.05, 0) is 27.4 Å². The number of pyridine rings is 1. The molecule has 0 atom stereocenters. The lowest BCUT2D eigenvalue weighted by Crippen LogP contribution is -2.13. The van der Waals surface area contributed by atoms with Crippen molar-refractivity contribution >= 4 is 29.2 Å². The smallest absolute Gasteiger partial charge is 0.116 e. The van der Waals surface area contributed by atoms with Crippen LogP contribution in [0, 0.1) is 0 Å². The van der Waals surface area contributed by atoms with Gasteiger partial charge in [0.1, 0.15) is 7.85 Å². The Kier molecular flexibility index (Phi) is 2.71. The number of aromatic nitrogens is 1. The first-order chi connectivity index (χ1) is 5.13. The van der Waals surface area contributed by atoms with Crippen LogP contribution in [0.2, 0.25) is 0 Å². The molecule has 1 aromatic rings. The molecule has 0 aromatic carbocycles. The fourth-order valence-corrected chi connectivity index (χ4v) is 1.87. The number of rotatable bonds is 1. The van der Waals surface area contributed by atoms with E-state index in [9.17, 15) is 0 Å². The quantitative estimate of drug-likeness (QED) is 0.643. The highest BCUT2D eigenvalue weighted by Crippen LogP contribution is 2.20. The molecule has 0 saturated heterocycles. The molecule has 1 rings (SSSR count). The standard InChI is InChI=1S/C8H9BBrN/c1-5(2)8-6(9)3-11-4-7(8)10/h3-5H,1-2H3. The predicted molar refractivity (Wildman–Crippen MR) is 51.4 cm³/mol. The highest BCUT2D eigenvalue weighted by molar-refractivity contribution is 9.10. The Morgan fingerprint density at radius 2 is 2.09 bits per heavy atom. The van der Waals surface area contributed by atoms with E-state index in [-0.39, 0.29) is 0 Å². The molecule has 1 aromatic heterocycles. The zero-order chi connectivity index (χ0) is 8.43. The van der Waals surface area contributed by atoms with E-state index in [0.29, 0.717) is 5.92 Å².